The molecule has 0 amide bonds. The summed E-state index contributed by atoms with van der Waals surface area (Å²) in [4.78, 5) is 4.31. The fourth-order valence-corrected chi connectivity index (χ4v) is 1.83. The van der Waals surface area contributed by atoms with Crippen LogP contribution >= 0.6 is 0 Å². The monoisotopic (exact) mass is 159 g/mol. The average molecular weight is 159 g/mol. The van der Waals surface area contributed by atoms with Crippen molar-refractivity contribution in [3.8, 4) is 0 Å². The van der Waals surface area contributed by atoms with Crippen LogP contribution in [0.3, 0.4) is 0 Å². The molecule has 1 aromatic carbocycles. The quantitative estimate of drug-likeness (QED) is 0.551. The van der Waals surface area contributed by atoms with Crippen LogP contribution in [-0.2, 0) is 6.42 Å². The van der Waals surface area contributed by atoms with Gasteiger partial charge in [0, 0.05) is 12.8 Å². The SMILES string of the molecule is C/N=C1/CCCc2ccccc21. The van der Waals surface area contributed by atoms with E-state index in [2.05, 4.69) is 29.3 Å². The van der Waals surface area contributed by atoms with Crippen molar-refractivity contribution in [2.75, 3.05) is 7.05 Å². The van der Waals surface area contributed by atoms with E-state index in [0.717, 1.165) is 6.42 Å². The van der Waals surface area contributed by atoms with Gasteiger partial charge in [0.1, 0.15) is 0 Å². The van der Waals surface area contributed by atoms with Gasteiger partial charge in [-0.2, -0.15) is 0 Å². The van der Waals surface area contributed by atoms with Crippen LogP contribution in [0.4, 0.5) is 0 Å². The van der Waals surface area contributed by atoms with Gasteiger partial charge in [0.05, 0.1) is 0 Å². The van der Waals surface area contributed by atoms with Crippen LogP contribution in [0.1, 0.15) is 24.0 Å². The topological polar surface area (TPSA) is 12.4 Å². The lowest BCUT2D eigenvalue weighted by atomic mass is 9.90. The van der Waals surface area contributed by atoms with Crippen LogP contribution in [0, 0.1) is 0 Å². The van der Waals surface area contributed by atoms with Crippen LogP contribution in [0.5, 0.6) is 0 Å². The molecule has 1 heteroatoms. The maximum atomic E-state index is 4.31. The first-order chi connectivity index (χ1) is 5.92. The third kappa shape index (κ3) is 1.15. The van der Waals surface area contributed by atoms with Crippen LogP contribution < -0.4 is 0 Å². The molecule has 1 aromatic rings. The van der Waals surface area contributed by atoms with Crippen LogP contribution in [0.25, 0.3) is 0 Å². The van der Waals surface area contributed by atoms with E-state index in [9.17, 15) is 0 Å². The number of rotatable bonds is 0. The third-order valence-electron chi connectivity index (χ3n) is 2.46. The number of hydrogen-bond acceptors (Lipinski definition) is 1. The van der Waals surface area contributed by atoms with Crippen LogP contribution in [-0.4, -0.2) is 12.8 Å². The lowest BCUT2D eigenvalue weighted by Gasteiger charge is -2.16. The molecule has 2 rings (SSSR count). The highest BCUT2D eigenvalue weighted by Gasteiger charge is 2.12. The van der Waals surface area contributed by atoms with Gasteiger partial charge in [0.15, 0.2) is 0 Å². The Morgan fingerprint density at radius 2 is 2.00 bits per heavy atom. The van der Waals surface area contributed by atoms with Gasteiger partial charge in [-0.25, -0.2) is 0 Å². The maximum Gasteiger partial charge on any atom is 0.0419 e. The zero-order valence-corrected chi connectivity index (χ0v) is 7.38. The predicted molar refractivity (Wildman–Crippen MR) is 51.8 cm³/mol. The number of fused-ring (bicyclic) bond motifs is 1. The molecule has 0 atom stereocenters. The minimum absolute atomic E-state index is 1.15. The zero-order chi connectivity index (χ0) is 8.39. The van der Waals surface area contributed by atoms with Crippen molar-refractivity contribution in [2.24, 2.45) is 4.99 Å². The summed E-state index contributed by atoms with van der Waals surface area (Å²) in [5, 5.41) is 0. The summed E-state index contributed by atoms with van der Waals surface area (Å²) in [7, 11) is 1.89. The standard InChI is InChI=1S/C11H13N/c1-12-11-8-4-6-9-5-2-3-7-10(9)11/h2-3,5,7H,4,6,8H2,1H3/b12-11-. The molecule has 62 valence electrons. The zero-order valence-electron chi connectivity index (χ0n) is 7.38. The maximum absolute atomic E-state index is 4.31. The van der Waals surface area contributed by atoms with Crippen molar-refractivity contribution in [3.63, 3.8) is 0 Å². The van der Waals surface area contributed by atoms with Crippen molar-refractivity contribution in [3.05, 3.63) is 35.4 Å². The van der Waals surface area contributed by atoms with Gasteiger partial charge in [-0.15, -0.1) is 0 Å². The second-order valence-electron chi connectivity index (χ2n) is 3.18. The second kappa shape index (κ2) is 3.10. The number of nitrogens with zero attached hydrogens (tertiary/aromatic N) is 1. The molecule has 0 spiro atoms. The smallest absolute Gasteiger partial charge is 0.0419 e. The highest BCUT2D eigenvalue weighted by molar-refractivity contribution is 6.02. The van der Waals surface area contributed by atoms with Gasteiger partial charge in [-0.1, -0.05) is 24.3 Å². The van der Waals surface area contributed by atoms with E-state index in [1.807, 2.05) is 7.05 Å². The molecule has 0 unspecified atom stereocenters. The highest BCUT2D eigenvalue weighted by atomic mass is 14.7. The van der Waals surface area contributed by atoms with Gasteiger partial charge >= 0.3 is 0 Å². The van der Waals surface area contributed by atoms with Crippen molar-refractivity contribution in [1.29, 1.82) is 0 Å². The normalized spacial score (nSPS) is 19.2. The average Bonchev–Trinajstić information content (AvgIpc) is 2.17. The molecular formula is C11H13N. The Hall–Kier alpha value is -1.11. The first-order valence-corrected chi connectivity index (χ1v) is 4.46. The molecule has 0 saturated carbocycles. The van der Waals surface area contributed by atoms with E-state index < -0.39 is 0 Å². The van der Waals surface area contributed by atoms with Gasteiger partial charge < -0.3 is 0 Å². The van der Waals surface area contributed by atoms with Gasteiger partial charge in [-0.05, 0) is 30.4 Å². The Morgan fingerprint density at radius 1 is 1.17 bits per heavy atom. The first-order valence-electron chi connectivity index (χ1n) is 4.46. The molecule has 0 aromatic heterocycles. The molecule has 0 saturated heterocycles. The van der Waals surface area contributed by atoms with Crippen molar-refractivity contribution >= 4 is 5.71 Å². The molecule has 0 bridgehead atoms. The summed E-state index contributed by atoms with van der Waals surface area (Å²) in [6.07, 6.45) is 3.62. The van der Waals surface area contributed by atoms with Crippen LogP contribution in [0.2, 0.25) is 0 Å². The van der Waals surface area contributed by atoms with Gasteiger partial charge in [0.25, 0.3) is 0 Å². The molecule has 1 aliphatic rings. The molecule has 0 heterocycles. The van der Waals surface area contributed by atoms with Gasteiger partial charge in [0.2, 0.25) is 0 Å². The van der Waals surface area contributed by atoms with E-state index >= 15 is 0 Å². The summed E-state index contributed by atoms with van der Waals surface area (Å²) in [6, 6.07) is 8.59. The largest absolute Gasteiger partial charge is 0.292 e. The summed E-state index contributed by atoms with van der Waals surface area (Å²) >= 11 is 0. The second-order valence-corrected chi connectivity index (χ2v) is 3.18. The molecule has 1 nitrogen and oxygen atoms in total. The fourth-order valence-electron chi connectivity index (χ4n) is 1.83. The third-order valence-corrected chi connectivity index (χ3v) is 2.46. The minimum atomic E-state index is 1.15. The fraction of sp³-hybridized carbons (Fsp3) is 0.364. The lowest BCUT2D eigenvalue weighted by Crippen LogP contribution is -2.11. The number of aryl methyl sites for hydroxylation is 1. The Bertz CT molecular complexity index is 313. The first kappa shape index (κ1) is 7.53. The summed E-state index contributed by atoms with van der Waals surface area (Å²) in [5.41, 5.74) is 4.10. The Kier molecular flexibility index (Phi) is 1.94. The van der Waals surface area contributed by atoms with Crippen molar-refractivity contribution in [2.45, 2.75) is 19.3 Å². The van der Waals surface area contributed by atoms with E-state index in [0.29, 0.717) is 0 Å². The van der Waals surface area contributed by atoms with Crippen molar-refractivity contribution in [1.82, 2.24) is 0 Å². The molecule has 0 fully saturated rings. The molecule has 1 aliphatic carbocycles. The van der Waals surface area contributed by atoms with E-state index in [-0.39, 0.29) is 0 Å². The van der Waals surface area contributed by atoms with E-state index in [4.69, 9.17) is 0 Å². The van der Waals surface area contributed by atoms with E-state index in [1.54, 1.807) is 0 Å². The van der Waals surface area contributed by atoms with Crippen molar-refractivity contribution < 1.29 is 0 Å². The molecule has 0 radical (unpaired) electrons. The molecular weight excluding hydrogens is 146 g/mol. The van der Waals surface area contributed by atoms with E-state index in [1.165, 1.54) is 29.7 Å². The Morgan fingerprint density at radius 3 is 2.83 bits per heavy atom. The highest BCUT2D eigenvalue weighted by Crippen LogP contribution is 2.20. The molecule has 0 N–H and O–H groups in total. The predicted octanol–water partition coefficient (Wildman–Crippen LogP) is 2.44. The summed E-state index contributed by atoms with van der Waals surface area (Å²) in [6.45, 7) is 0. The lowest BCUT2D eigenvalue weighted by molar-refractivity contribution is 0.837. The Labute approximate surface area is 73.1 Å². The number of benzene rings is 1. The minimum Gasteiger partial charge on any atom is -0.292 e. The van der Waals surface area contributed by atoms with Gasteiger partial charge in [-0.3, -0.25) is 4.99 Å². The molecule has 12 heavy (non-hydrogen) atoms. The summed E-state index contributed by atoms with van der Waals surface area (Å²) in [5.74, 6) is 0. The number of aliphatic imine (C=N–C) groups is 1. The number of hydrogen-bond donors (Lipinski definition) is 0. The Balaban J connectivity index is 2.51. The van der Waals surface area contributed by atoms with Crippen LogP contribution in [0.15, 0.2) is 29.3 Å². The molecule has 0 aliphatic heterocycles. The summed E-state index contributed by atoms with van der Waals surface area (Å²) < 4.78 is 0.